The van der Waals surface area contributed by atoms with E-state index in [1.807, 2.05) is 30.3 Å². The van der Waals surface area contributed by atoms with Crippen LogP contribution in [-0.2, 0) is 10.1 Å². The van der Waals surface area contributed by atoms with Crippen molar-refractivity contribution in [3.8, 4) is 0 Å². The van der Waals surface area contributed by atoms with E-state index in [1.54, 1.807) is 36.4 Å². The lowest BCUT2D eigenvalue weighted by atomic mass is 10.3. The van der Waals surface area contributed by atoms with Crippen LogP contribution in [0.3, 0.4) is 0 Å². The molecular formula is C20H14N4O3S. The number of H-pyrrole nitrogens is 2. The lowest BCUT2D eigenvalue weighted by molar-refractivity contribution is 0.482. The van der Waals surface area contributed by atoms with Crippen molar-refractivity contribution in [2.75, 3.05) is 0 Å². The second-order valence-corrected chi connectivity index (χ2v) is 7.84. The molecule has 0 saturated carbocycles. The maximum atomic E-state index is 12.0. The fraction of sp³-hybridized carbons (Fsp3) is 0. The van der Waals surface area contributed by atoms with E-state index < -0.39 is 10.1 Å². The van der Waals surface area contributed by atoms with Gasteiger partial charge in [-0.15, -0.1) is 0 Å². The van der Waals surface area contributed by atoms with Gasteiger partial charge in [0.05, 0.1) is 22.8 Å². The third-order valence-corrected chi connectivity index (χ3v) is 5.36. The van der Waals surface area contributed by atoms with Crippen LogP contribution in [-0.4, -0.2) is 32.9 Å². The average Bonchev–Trinajstić information content (AvgIpc) is 3.38. The summed E-state index contributed by atoms with van der Waals surface area (Å²) in [6.45, 7) is 0. The molecule has 5 rings (SSSR count). The highest BCUT2D eigenvalue weighted by molar-refractivity contribution is 7.86. The van der Waals surface area contributed by atoms with Gasteiger partial charge in [-0.3, -0.25) is 4.55 Å². The normalized spacial score (nSPS) is 13.2. The van der Waals surface area contributed by atoms with Gasteiger partial charge in [0.1, 0.15) is 4.90 Å². The molecule has 7 nitrogen and oxygen atoms in total. The first kappa shape index (κ1) is 16.7. The smallest absolute Gasteiger partial charge is 0.298 e. The SMILES string of the molecule is O=S(=O)(O)c1c2nc(cc3ccc(cc4ccc(cc5nc1C=C5)[nH]4)[nH]3)C=C2. The van der Waals surface area contributed by atoms with Gasteiger partial charge in [-0.25, -0.2) is 9.97 Å². The Hall–Kier alpha value is -3.49. The molecule has 138 valence electrons. The predicted molar refractivity (Wildman–Crippen MR) is 109 cm³/mol. The Labute approximate surface area is 159 Å². The van der Waals surface area contributed by atoms with Gasteiger partial charge in [0.15, 0.2) is 0 Å². The minimum absolute atomic E-state index is 0.144. The van der Waals surface area contributed by atoms with Gasteiger partial charge in [-0.2, -0.15) is 8.42 Å². The average molecular weight is 390 g/mol. The quantitative estimate of drug-likeness (QED) is 0.376. The van der Waals surface area contributed by atoms with E-state index in [0.717, 1.165) is 22.1 Å². The van der Waals surface area contributed by atoms with E-state index in [9.17, 15) is 13.0 Å². The van der Waals surface area contributed by atoms with Crippen molar-refractivity contribution in [3.05, 3.63) is 65.2 Å². The monoisotopic (exact) mass is 390 g/mol. The highest BCUT2D eigenvalue weighted by atomic mass is 32.2. The molecule has 0 fully saturated rings. The van der Waals surface area contributed by atoms with Gasteiger partial charge in [0, 0.05) is 22.1 Å². The van der Waals surface area contributed by atoms with Crippen LogP contribution in [0.15, 0.2) is 47.4 Å². The van der Waals surface area contributed by atoms with Crippen molar-refractivity contribution in [1.82, 2.24) is 19.9 Å². The van der Waals surface area contributed by atoms with Crippen LogP contribution in [0.4, 0.5) is 0 Å². The van der Waals surface area contributed by atoms with Crippen LogP contribution in [0.25, 0.3) is 46.4 Å². The molecule has 0 atom stereocenters. The van der Waals surface area contributed by atoms with E-state index in [1.165, 1.54) is 0 Å². The fourth-order valence-electron chi connectivity index (χ4n) is 3.25. The molecule has 3 N–H and O–H groups in total. The van der Waals surface area contributed by atoms with Crippen molar-refractivity contribution >= 4 is 56.5 Å². The van der Waals surface area contributed by atoms with E-state index >= 15 is 0 Å². The number of hydrogen-bond donors (Lipinski definition) is 3. The summed E-state index contributed by atoms with van der Waals surface area (Å²) < 4.78 is 33.9. The molecule has 0 radical (unpaired) electrons. The fourth-order valence-corrected chi connectivity index (χ4v) is 4.00. The zero-order valence-corrected chi connectivity index (χ0v) is 15.2. The van der Waals surface area contributed by atoms with Crippen molar-refractivity contribution < 1.29 is 13.0 Å². The van der Waals surface area contributed by atoms with Gasteiger partial charge >= 0.3 is 0 Å². The van der Waals surface area contributed by atoms with Crippen molar-refractivity contribution in [2.24, 2.45) is 0 Å². The standard InChI is InChI=1S/C20H14N4O3S/c25-28(26,27)20-18-7-5-16(23-18)10-14-3-1-12(21-14)9-13-2-4-15(22-13)11-17-6-8-19(20)24-17/h1-11,21-22H,(H,25,26,27). The zero-order chi connectivity index (χ0) is 19.3. The molecule has 0 saturated heterocycles. The van der Waals surface area contributed by atoms with E-state index in [-0.39, 0.29) is 16.3 Å². The molecule has 28 heavy (non-hydrogen) atoms. The van der Waals surface area contributed by atoms with Gasteiger partial charge in [-0.1, -0.05) is 0 Å². The summed E-state index contributed by atoms with van der Waals surface area (Å²) in [5, 5.41) is 0. The van der Waals surface area contributed by atoms with Crippen molar-refractivity contribution in [3.63, 3.8) is 0 Å². The maximum absolute atomic E-state index is 12.0. The van der Waals surface area contributed by atoms with Crippen LogP contribution in [0.2, 0.25) is 0 Å². The largest absolute Gasteiger partial charge is 0.355 e. The molecule has 0 unspecified atom stereocenters. The summed E-state index contributed by atoms with van der Waals surface area (Å²) in [6, 6.07) is 13.3. The Bertz CT molecular complexity index is 1350. The Morgan fingerprint density at radius 2 is 1.11 bits per heavy atom. The Balaban J connectivity index is 1.93. The van der Waals surface area contributed by atoms with E-state index in [0.29, 0.717) is 11.4 Å². The first-order chi connectivity index (χ1) is 13.4. The summed E-state index contributed by atoms with van der Waals surface area (Å²) in [5.41, 5.74) is 4.90. The first-order valence-corrected chi connectivity index (χ1v) is 9.93. The second kappa shape index (κ2) is 6.01. The summed E-state index contributed by atoms with van der Waals surface area (Å²) in [5.74, 6) is 0. The van der Waals surface area contributed by atoms with Crippen molar-refractivity contribution in [2.45, 2.75) is 4.90 Å². The molecule has 0 aliphatic carbocycles. The van der Waals surface area contributed by atoms with Crippen LogP contribution in [0.1, 0.15) is 22.8 Å². The van der Waals surface area contributed by atoms with Crippen LogP contribution in [0.5, 0.6) is 0 Å². The summed E-state index contributed by atoms with van der Waals surface area (Å²) in [6.07, 6.45) is 6.49. The molecule has 3 aromatic rings. The highest BCUT2D eigenvalue weighted by Crippen LogP contribution is 2.25. The molecule has 2 aliphatic rings. The Kier molecular flexibility index (Phi) is 3.58. The molecule has 0 aromatic carbocycles. The van der Waals surface area contributed by atoms with Gasteiger partial charge in [-0.05, 0) is 66.8 Å². The number of nitrogens with one attached hydrogen (secondary N) is 2. The third-order valence-electron chi connectivity index (χ3n) is 4.43. The molecular weight excluding hydrogens is 376 g/mol. The Morgan fingerprint density at radius 1 is 0.679 bits per heavy atom. The lowest BCUT2D eigenvalue weighted by Gasteiger charge is -1.99. The third kappa shape index (κ3) is 3.04. The number of aromatic nitrogens is 4. The molecule has 0 amide bonds. The number of fused-ring (bicyclic) bond motifs is 8. The zero-order valence-electron chi connectivity index (χ0n) is 14.4. The lowest BCUT2D eigenvalue weighted by Crippen LogP contribution is -2.03. The van der Waals surface area contributed by atoms with Crippen LogP contribution >= 0.6 is 0 Å². The topological polar surface area (TPSA) is 112 Å². The molecule has 8 bridgehead atoms. The highest BCUT2D eigenvalue weighted by Gasteiger charge is 2.22. The van der Waals surface area contributed by atoms with Crippen LogP contribution in [0, 0.1) is 0 Å². The number of aromatic amines is 2. The van der Waals surface area contributed by atoms with E-state index in [4.69, 9.17) is 0 Å². The molecule has 3 aromatic heterocycles. The Morgan fingerprint density at radius 3 is 1.54 bits per heavy atom. The van der Waals surface area contributed by atoms with E-state index in [2.05, 4.69) is 19.9 Å². The van der Waals surface area contributed by atoms with Gasteiger partial charge in [0.2, 0.25) is 0 Å². The summed E-state index contributed by atoms with van der Waals surface area (Å²) in [4.78, 5) is 14.9. The van der Waals surface area contributed by atoms with Crippen molar-refractivity contribution in [1.29, 1.82) is 0 Å². The molecule has 5 heterocycles. The number of nitrogens with zero attached hydrogens (tertiary/aromatic N) is 2. The minimum atomic E-state index is -4.52. The molecule has 2 aliphatic heterocycles. The summed E-state index contributed by atoms with van der Waals surface area (Å²) in [7, 11) is -4.52. The summed E-state index contributed by atoms with van der Waals surface area (Å²) >= 11 is 0. The number of rotatable bonds is 1. The number of hydrogen-bond acceptors (Lipinski definition) is 4. The van der Waals surface area contributed by atoms with Gasteiger partial charge < -0.3 is 9.97 Å². The first-order valence-electron chi connectivity index (χ1n) is 8.49. The van der Waals surface area contributed by atoms with Crippen LogP contribution < -0.4 is 0 Å². The second-order valence-electron chi connectivity index (χ2n) is 6.49. The molecule has 0 spiro atoms. The minimum Gasteiger partial charge on any atom is -0.355 e. The van der Waals surface area contributed by atoms with Gasteiger partial charge in [0.25, 0.3) is 10.1 Å². The predicted octanol–water partition coefficient (Wildman–Crippen LogP) is 3.90. The molecule has 8 heteroatoms. The maximum Gasteiger partial charge on any atom is 0.298 e.